The average molecular weight is 346 g/mol. The summed E-state index contributed by atoms with van der Waals surface area (Å²) < 4.78 is 44.2. The van der Waals surface area contributed by atoms with Crippen LogP contribution in [0.15, 0.2) is 16.0 Å². The van der Waals surface area contributed by atoms with Crippen molar-refractivity contribution in [2.24, 2.45) is 0 Å². The van der Waals surface area contributed by atoms with Crippen LogP contribution in [0.1, 0.15) is 28.2 Å². The molecule has 1 saturated heterocycles. The number of hydrogen-bond donors (Lipinski definition) is 0. The summed E-state index contributed by atoms with van der Waals surface area (Å²) in [6.45, 7) is 4.01. The number of rotatable bonds is 3. The smallest absolute Gasteiger partial charge is 0.338 e. The molecule has 0 bridgehead atoms. The molecule has 3 heterocycles. The van der Waals surface area contributed by atoms with Crippen LogP contribution in [0, 0.1) is 6.92 Å². The van der Waals surface area contributed by atoms with Crippen LogP contribution in [0.3, 0.4) is 0 Å². The number of aryl methyl sites for hydroxylation is 1. The van der Waals surface area contributed by atoms with E-state index in [1.807, 2.05) is 11.9 Å². The third-order valence-electron chi connectivity index (χ3n) is 3.96. The minimum absolute atomic E-state index is 0.0991. The fraction of sp³-hybridized carbons (Fsp3) is 0.571. The van der Waals surface area contributed by atoms with Crippen molar-refractivity contribution < 1.29 is 17.7 Å². The molecule has 0 aromatic carbocycles. The molecule has 0 radical (unpaired) electrons. The Morgan fingerprint density at radius 3 is 2.83 bits per heavy atom. The third kappa shape index (κ3) is 3.56. The molecular formula is C14H17F3N4OS. The van der Waals surface area contributed by atoms with Crippen LogP contribution in [-0.4, -0.2) is 46.6 Å². The second-order valence-corrected chi connectivity index (χ2v) is 6.60. The molecule has 23 heavy (non-hydrogen) atoms. The van der Waals surface area contributed by atoms with Gasteiger partial charge in [0.05, 0.1) is 0 Å². The van der Waals surface area contributed by atoms with Crippen molar-refractivity contribution in [3.8, 4) is 0 Å². The van der Waals surface area contributed by atoms with E-state index in [1.54, 1.807) is 13.0 Å². The molecule has 0 amide bonds. The standard InChI is InChI=1S/C14H17F3N4OS/c1-9-18-13(22-19-9)11-8-21(5-4-20(11)2)7-10-3-6-23-12(10)14(15,16)17/h3,6,11H,4-5,7-8H2,1-2H3. The highest BCUT2D eigenvalue weighted by molar-refractivity contribution is 7.10. The Morgan fingerprint density at radius 2 is 2.17 bits per heavy atom. The zero-order valence-corrected chi connectivity index (χ0v) is 13.6. The van der Waals surface area contributed by atoms with E-state index in [2.05, 4.69) is 15.0 Å². The van der Waals surface area contributed by atoms with Gasteiger partial charge in [-0.1, -0.05) is 5.16 Å². The fourth-order valence-corrected chi connectivity index (χ4v) is 3.52. The first-order valence-electron chi connectivity index (χ1n) is 7.21. The molecule has 1 fully saturated rings. The van der Waals surface area contributed by atoms with Crippen LogP contribution >= 0.6 is 11.3 Å². The van der Waals surface area contributed by atoms with E-state index in [0.717, 1.165) is 17.9 Å². The van der Waals surface area contributed by atoms with Gasteiger partial charge in [-0.15, -0.1) is 11.3 Å². The summed E-state index contributed by atoms with van der Waals surface area (Å²) in [7, 11) is 1.95. The molecule has 1 aliphatic rings. The summed E-state index contributed by atoms with van der Waals surface area (Å²) in [5.41, 5.74) is 0.326. The van der Waals surface area contributed by atoms with Crippen LogP contribution in [0.5, 0.6) is 0 Å². The maximum atomic E-state index is 13.0. The summed E-state index contributed by atoms with van der Waals surface area (Å²) in [5.74, 6) is 1.07. The Kier molecular flexibility index (Phi) is 4.43. The molecule has 0 N–H and O–H groups in total. The van der Waals surface area contributed by atoms with Gasteiger partial charge in [0.15, 0.2) is 5.82 Å². The Bertz CT molecular complexity index is 669. The molecule has 0 aliphatic carbocycles. The van der Waals surface area contributed by atoms with Gasteiger partial charge in [0.25, 0.3) is 0 Å². The van der Waals surface area contributed by atoms with Crippen LogP contribution in [0.25, 0.3) is 0 Å². The molecule has 0 saturated carbocycles. The van der Waals surface area contributed by atoms with E-state index in [4.69, 9.17) is 4.52 Å². The van der Waals surface area contributed by atoms with E-state index in [1.165, 1.54) is 5.38 Å². The van der Waals surface area contributed by atoms with Gasteiger partial charge in [-0.3, -0.25) is 9.80 Å². The lowest BCUT2D eigenvalue weighted by molar-refractivity contribution is -0.135. The number of aromatic nitrogens is 2. The van der Waals surface area contributed by atoms with Gasteiger partial charge >= 0.3 is 6.18 Å². The molecule has 1 aliphatic heterocycles. The van der Waals surface area contributed by atoms with Gasteiger partial charge < -0.3 is 4.52 Å². The maximum Gasteiger partial charge on any atom is 0.425 e. The molecule has 5 nitrogen and oxygen atoms in total. The molecule has 9 heteroatoms. The van der Waals surface area contributed by atoms with E-state index in [9.17, 15) is 13.2 Å². The first-order chi connectivity index (χ1) is 10.8. The molecule has 2 aromatic heterocycles. The second kappa shape index (κ2) is 6.21. The number of likely N-dealkylation sites (N-methyl/N-ethyl adjacent to an activating group) is 1. The van der Waals surface area contributed by atoms with Gasteiger partial charge in [0, 0.05) is 26.2 Å². The van der Waals surface area contributed by atoms with Crippen LogP contribution in [0.2, 0.25) is 0 Å². The second-order valence-electron chi connectivity index (χ2n) is 5.68. The quantitative estimate of drug-likeness (QED) is 0.855. The molecule has 3 rings (SSSR count). The van der Waals surface area contributed by atoms with Crippen molar-refractivity contribution in [1.29, 1.82) is 0 Å². The summed E-state index contributed by atoms with van der Waals surface area (Å²) in [4.78, 5) is 7.82. The monoisotopic (exact) mass is 346 g/mol. The summed E-state index contributed by atoms with van der Waals surface area (Å²) >= 11 is 0.743. The first-order valence-corrected chi connectivity index (χ1v) is 8.09. The number of alkyl halides is 3. The van der Waals surface area contributed by atoms with Crippen molar-refractivity contribution in [1.82, 2.24) is 19.9 Å². The molecular weight excluding hydrogens is 329 g/mol. The zero-order chi connectivity index (χ0) is 16.6. The fourth-order valence-electron chi connectivity index (χ4n) is 2.74. The van der Waals surface area contributed by atoms with Crippen LogP contribution in [0.4, 0.5) is 13.2 Å². The highest BCUT2D eigenvalue weighted by Crippen LogP contribution is 2.37. The molecule has 1 atom stereocenters. The average Bonchev–Trinajstić information content (AvgIpc) is 3.09. The minimum atomic E-state index is -4.29. The van der Waals surface area contributed by atoms with Gasteiger partial charge in [-0.25, -0.2) is 0 Å². The number of hydrogen-bond acceptors (Lipinski definition) is 6. The lowest BCUT2D eigenvalue weighted by atomic mass is 10.1. The van der Waals surface area contributed by atoms with Crippen LogP contribution < -0.4 is 0 Å². The third-order valence-corrected chi connectivity index (χ3v) is 4.96. The Morgan fingerprint density at radius 1 is 1.39 bits per heavy atom. The zero-order valence-electron chi connectivity index (χ0n) is 12.8. The highest BCUT2D eigenvalue weighted by Gasteiger charge is 2.36. The lowest BCUT2D eigenvalue weighted by Crippen LogP contribution is -2.46. The Balaban J connectivity index is 1.73. The topological polar surface area (TPSA) is 45.4 Å². The van der Waals surface area contributed by atoms with Gasteiger partial charge in [-0.05, 0) is 31.0 Å². The predicted octanol–water partition coefficient (Wildman–Crippen LogP) is 2.95. The van der Waals surface area contributed by atoms with Crippen molar-refractivity contribution in [2.75, 3.05) is 26.7 Å². The minimum Gasteiger partial charge on any atom is -0.338 e. The predicted molar refractivity (Wildman–Crippen MR) is 79.0 cm³/mol. The van der Waals surface area contributed by atoms with E-state index < -0.39 is 11.1 Å². The molecule has 0 spiro atoms. The van der Waals surface area contributed by atoms with Crippen molar-refractivity contribution >= 4 is 11.3 Å². The van der Waals surface area contributed by atoms with Crippen molar-refractivity contribution in [2.45, 2.75) is 25.7 Å². The highest BCUT2D eigenvalue weighted by atomic mass is 32.1. The number of nitrogens with zero attached hydrogens (tertiary/aromatic N) is 4. The van der Waals surface area contributed by atoms with Crippen molar-refractivity contribution in [3.63, 3.8) is 0 Å². The summed E-state index contributed by atoms with van der Waals surface area (Å²) in [6.07, 6.45) is -4.29. The van der Waals surface area contributed by atoms with Crippen LogP contribution in [-0.2, 0) is 12.7 Å². The van der Waals surface area contributed by atoms with E-state index in [-0.39, 0.29) is 12.6 Å². The Labute approximate surface area is 135 Å². The first kappa shape index (κ1) is 16.4. The SMILES string of the molecule is Cc1noc(C2CN(Cc3ccsc3C(F)(F)F)CCN2C)n1. The number of thiophene rings is 1. The van der Waals surface area contributed by atoms with Crippen molar-refractivity contribution in [3.05, 3.63) is 33.6 Å². The maximum absolute atomic E-state index is 13.0. The van der Waals surface area contributed by atoms with Gasteiger partial charge in [0.2, 0.25) is 5.89 Å². The normalized spacial score (nSPS) is 21.0. The summed E-state index contributed by atoms with van der Waals surface area (Å²) in [6, 6.07) is 1.45. The van der Waals surface area contributed by atoms with Gasteiger partial charge in [0.1, 0.15) is 10.9 Å². The molecule has 2 aromatic rings. The van der Waals surface area contributed by atoms with E-state index >= 15 is 0 Å². The lowest BCUT2D eigenvalue weighted by Gasteiger charge is -2.37. The Hall–Kier alpha value is -1.45. The number of halogens is 3. The molecule has 1 unspecified atom stereocenters. The molecule has 126 valence electrons. The largest absolute Gasteiger partial charge is 0.425 e. The van der Waals surface area contributed by atoms with Gasteiger partial charge in [-0.2, -0.15) is 18.2 Å². The van der Waals surface area contributed by atoms with E-state index in [0.29, 0.717) is 30.4 Å². The summed E-state index contributed by atoms with van der Waals surface area (Å²) in [5, 5.41) is 5.29. The number of piperazine rings is 1.